The van der Waals surface area contributed by atoms with Gasteiger partial charge < -0.3 is 19.5 Å². The van der Waals surface area contributed by atoms with Crippen LogP contribution in [0.2, 0.25) is 0 Å². The lowest BCUT2D eigenvalue weighted by Gasteiger charge is -2.10. The fourth-order valence-corrected chi connectivity index (χ4v) is 2.99. The summed E-state index contributed by atoms with van der Waals surface area (Å²) in [7, 11) is 3.07. The van der Waals surface area contributed by atoms with Gasteiger partial charge in [0.25, 0.3) is 5.91 Å². The van der Waals surface area contributed by atoms with Gasteiger partial charge in [-0.15, -0.1) is 0 Å². The monoisotopic (exact) mass is 364 g/mol. The van der Waals surface area contributed by atoms with Gasteiger partial charge in [-0.05, 0) is 37.3 Å². The number of anilines is 1. The number of ether oxygens (including phenoxy) is 3. The third-order valence-corrected chi connectivity index (χ3v) is 4.27. The number of benzene rings is 2. The Kier molecular flexibility index (Phi) is 5.32. The molecule has 6 heteroatoms. The summed E-state index contributed by atoms with van der Waals surface area (Å²) in [6.45, 7) is 1.99. The molecule has 1 atom stereocenters. The second kappa shape index (κ2) is 7.83. The SMILES string of the molecule is COc1cc2c(cc1/C=C(\C#N)C(=O)Nc1ccccc1OC)OC(C)C2. The molecular weight excluding hydrogens is 344 g/mol. The Balaban J connectivity index is 1.91. The third-order valence-electron chi connectivity index (χ3n) is 4.27. The van der Waals surface area contributed by atoms with Crippen LogP contribution >= 0.6 is 0 Å². The maximum Gasteiger partial charge on any atom is 0.266 e. The first-order valence-corrected chi connectivity index (χ1v) is 8.49. The molecule has 0 spiro atoms. The zero-order chi connectivity index (χ0) is 19.4. The lowest BCUT2D eigenvalue weighted by Crippen LogP contribution is -2.14. The Morgan fingerprint density at radius 1 is 1.26 bits per heavy atom. The van der Waals surface area contributed by atoms with Gasteiger partial charge in [-0.2, -0.15) is 5.26 Å². The van der Waals surface area contributed by atoms with Crippen LogP contribution in [0.25, 0.3) is 6.08 Å². The summed E-state index contributed by atoms with van der Waals surface area (Å²) in [5.74, 6) is 1.32. The number of nitriles is 1. The van der Waals surface area contributed by atoms with E-state index in [1.807, 2.05) is 19.1 Å². The molecule has 6 nitrogen and oxygen atoms in total. The molecule has 1 aliphatic heterocycles. The average Bonchev–Trinajstić information content (AvgIpc) is 3.04. The largest absolute Gasteiger partial charge is 0.496 e. The van der Waals surface area contributed by atoms with Crippen molar-refractivity contribution < 1.29 is 19.0 Å². The number of nitrogens with one attached hydrogen (secondary N) is 1. The van der Waals surface area contributed by atoms with E-state index in [1.165, 1.54) is 13.2 Å². The van der Waals surface area contributed by atoms with Crippen molar-refractivity contribution in [1.29, 1.82) is 5.26 Å². The Bertz CT molecular complexity index is 944. The quantitative estimate of drug-likeness (QED) is 0.648. The van der Waals surface area contributed by atoms with Crippen LogP contribution in [0, 0.1) is 11.3 Å². The highest BCUT2D eigenvalue weighted by Crippen LogP contribution is 2.36. The number of rotatable bonds is 5. The van der Waals surface area contributed by atoms with Crippen molar-refractivity contribution in [2.45, 2.75) is 19.4 Å². The van der Waals surface area contributed by atoms with Crippen molar-refractivity contribution in [3.8, 4) is 23.3 Å². The number of hydrogen-bond acceptors (Lipinski definition) is 5. The van der Waals surface area contributed by atoms with Crippen molar-refractivity contribution in [2.24, 2.45) is 0 Å². The minimum Gasteiger partial charge on any atom is -0.496 e. The van der Waals surface area contributed by atoms with Crippen molar-refractivity contribution in [2.75, 3.05) is 19.5 Å². The van der Waals surface area contributed by atoms with Gasteiger partial charge in [-0.3, -0.25) is 4.79 Å². The van der Waals surface area contributed by atoms with Crippen molar-refractivity contribution in [3.05, 3.63) is 53.1 Å². The molecular formula is C21H20N2O4. The molecule has 0 saturated carbocycles. The topological polar surface area (TPSA) is 80.6 Å². The highest BCUT2D eigenvalue weighted by molar-refractivity contribution is 6.10. The van der Waals surface area contributed by atoms with E-state index in [0.29, 0.717) is 22.7 Å². The Morgan fingerprint density at radius 3 is 2.70 bits per heavy atom. The zero-order valence-electron chi connectivity index (χ0n) is 15.4. The van der Waals surface area contributed by atoms with E-state index >= 15 is 0 Å². The van der Waals surface area contributed by atoms with Gasteiger partial charge >= 0.3 is 0 Å². The fraction of sp³-hybridized carbons (Fsp3) is 0.238. The fourth-order valence-electron chi connectivity index (χ4n) is 2.99. The molecule has 1 amide bonds. The number of para-hydroxylation sites is 2. The molecule has 1 N–H and O–H groups in total. The van der Waals surface area contributed by atoms with Crippen LogP contribution < -0.4 is 19.5 Å². The molecule has 0 fully saturated rings. The molecule has 0 aromatic heterocycles. The van der Waals surface area contributed by atoms with E-state index in [-0.39, 0.29) is 11.7 Å². The van der Waals surface area contributed by atoms with Gasteiger partial charge in [-0.1, -0.05) is 12.1 Å². The van der Waals surface area contributed by atoms with Crippen LogP contribution in [0.1, 0.15) is 18.1 Å². The summed E-state index contributed by atoms with van der Waals surface area (Å²) in [4.78, 5) is 12.6. The summed E-state index contributed by atoms with van der Waals surface area (Å²) >= 11 is 0. The Labute approximate surface area is 158 Å². The summed E-state index contributed by atoms with van der Waals surface area (Å²) in [6, 6.07) is 12.6. The number of methoxy groups -OCH3 is 2. The van der Waals surface area contributed by atoms with Crippen LogP contribution in [0.4, 0.5) is 5.69 Å². The number of amides is 1. The summed E-state index contributed by atoms with van der Waals surface area (Å²) in [5, 5.41) is 12.2. The molecule has 1 aliphatic rings. The number of nitrogens with zero attached hydrogens (tertiary/aromatic N) is 1. The number of carbonyl (C=O) groups excluding carboxylic acids is 1. The van der Waals surface area contributed by atoms with Gasteiger partial charge in [0.05, 0.1) is 19.9 Å². The smallest absolute Gasteiger partial charge is 0.266 e. The van der Waals surface area contributed by atoms with Gasteiger partial charge in [0.2, 0.25) is 0 Å². The van der Waals surface area contributed by atoms with Crippen molar-refractivity contribution in [1.82, 2.24) is 0 Å². The maximum absolute atomic E-state index is 12.6. The van der Waals surface area contributed by atoms with E-state index in [9.17, 15) is 10.1 Å². The third kappa shape index (κ3) is 3.87. The standard InChI is InChI=1S/C21H20N2O4/c1-13-8-14-10-19(26-3)15(11-20(14)27-13)9-16(12-22)21(24)23-17-6-4-5-7-18(17)25-2/h4-7,9-11,13H,8H2,1-3H3,(H,23,24)/b16-9+. The second-order valence-electron chi connectivity index (χ2n) is 6.16. The van der Waals surface area contributed by atoms with Crippen molar-refractivity contribution in [3.63, 3.8) is 0 Å². The summed E-state index contributed by atoms with van der Waals surface area (Å²) in [5.41, 5.74) is 2.10. The molecule has 3 rings (SSSR count). The van der Waals surface area contributed by atoms with Gasteiger partial charge in [-0.25, -0.2) is 0 Å². The number of fused-ring (bicyclic) bond motifs is 1. The first-order chi connectivity index (χ1) is 13.0. The van der Waals surface area contributed by atoms with E-state index in [1.54, 1.807) is 37.4 Å². The predicted molar refractivity (Wildman–Crippen MR) is 102 cm³/mol. The highest BCUT2D eigenvalue weighted by atomic mass is 16.5. The lowest BCUT2D eigenvalue weighted by molar-refractivity contribution is -0.112. The van der Waals surface area contributed by atoms with Crippen LogP contribution in [-0.2, 0) is 11.2 Å². The normalized spacial score (nSPS) is 15.3. The predicted octanol–water partition coefficient (Wildman–Crippen LogP) is 3.57. The highest BCUT2D eigenvalue weighted by Gasteiger charge is 2.22. The van der Waals surface area contributed by atoms with Gasteiger partial charge in [0.1, 0.15) is 35.0 Å². The maximum atomic E-state index is 12.6. The van der Waals surface area contributed by atoms with Crippen LogP contribution in [0.15, 0.2) is 42.0 Å². The minimum absolute atomic E-state index is 0.0507. The zero-order valence-corrected chi connectivity index (χ0v) is 15.4. The van der Waals surface area contributed by atoms with Gasteiger partial charge in [0.15, 0.2) is 0 Å². The molecule has 2 aromatic rings. The van der Waals surface area contributed by atoms with Gasteiger partial charge in [0, 0.05) is 17.5 Å². The molecule has 2 aromatic carbocycles. The molecule has 0 aliphatic carbocycles. The summed E-state index contributed by atoms with van der Waals surface area (Å²) in [6.07, 6.45) is 2.39. The van der Waals surface area contributed by atoms with E-state index in [0.717, 1.165) is 17.7 Å². The minimum atomic E-state index is -0.529. The molecule has 0 radical (unpaired) electrons. The first kappa shape index (κ1) is 18.3. The molecule has 27 heavy (non-hydrogen) atoms. The van der Waals surface area contributed by atoms with Crippen molar-refractivity contribution >= 4 is 17.7 Å². The average molecular weight is 364 g/mol. The van der Waals surface area contributed by atoms with E-state index in [4.69, 9.17) is 14.2 Å². The molecule has 0 bridgehead atoms. The van der Waals surface area contributed by atoms with Crippen LogP contribution in [0.5, 0.6) is 17.2 Å². The first-order valence-electron chi connectivity index (χ1n) is 8.49. The second-order valence-corrected chi connectivity index (χ2v) is 6.16. The molecule has 1 heterocycles. The van der Waals surface area contributed by atoms with E-state index in [2.05, 4.69) is 5.32 Å². The number of carbonyl (C=O) groups is 1. The van der Waals surface area contributed by atoms with E-state index < -0.39 is 5.91 Å². The van der Waals surface area contributed by atoms with Crippen LogP contribution in [-0.4, -0.2) is 26.2 Å². The van der Waals surface area contributed by atoms with Crippen LogP contribution in [0.3, 0.4) is 0 Å². The molecule has 0 saturated heterocycles. The summed E-state index contributed by atoms with van der Waals surface area (Å²) < 4.78 is 16.4. The molecule has 1 unspecified atom stereocenters. The number of hydrogen-bond donors (Lipinski definition) is 1. The molecule has 138 valence electrons. The Morgan fingerprint density at radius 2 is 2.00 bits per heavy atom. The Hall–Kier alpha value is -3.46. The lowest BCUT2D eigenvalue weighted by atomic mass is 10.0.